The lowest BCUT2D eigenvalue weighted by Gasteiger charge is -2.18. The van der Waals surface area contributed by atoms with Crippen molar-refractivity contribution in [3.8, 4) is 11.5 Å². The summed E-state index contributed by atoms with van der Waals surface area (Å²) in [5.74, 6) is 1.40. The summed E-state index contributed by atoms with van der Waals surface area (Å²) in [6, 6.07) is 9.50. The molecule has 22 heavy (non-hydrogen) atoms. The normalized spacial score (nSPS) is 11.4. The highest BCUT2D eigenvalue weighted by Crippen LogP contribution is 2.25. The number of benzene rings is 1. The van der Waals surface area contributed by atoms with E-state index >= 15 is 0 Å². The minimum Gasteiger partial charge on any atom is -0.497 e. The van der Waals surface area contributed by atoms with Gasteiger partial charge >= 0.3 is 0 Å². The molecule has 5 nitrogen and oxygen atoms in total. The van der Waals surface area contributed by atoms with Crippen molar-refractivity contribution >= 4 is 23.0 Å². The van der Waals surface area contributed by atoms with Crippen molar-refractivity contribution in [2.24, 2.45) is 0 Å². The van der Waals surface area contributed by atoms with Crippen molar-refractivity contribution in [3.63, 3.8) is 0 Å². The lowest BCUT2D eigenvalue weighted by molar-refractivity contribution is 0.395. The first-order chi connectivity index (χ1) is 10.6. The van der Waals surface area contributed by atoms with E-state index in [1.807, 2.05) is 31.2 Å². The van der Waals surface area contributed by atoms with E-state index in [-0.39, 0.29) is 6.04 Å². The van der Waals surface area contributed by atoms with Crippen molar-refractivity contribution in [1.82, 2.24) is 10.3 Å². The Hall–Kier alpha value is -2.34. The SMILES string of the molecule is COc1cc(NC(=S)NC(C)c2ccncc2)cc(OC)c1. The van der Waals surface area contributed by atoms with Gasteiger partial charge in [-0.3, -0.25) is 4.98 Å². The average molecular weight is 317 g/mol. The second-order valence-electron chi connectivity index (χ2n) is 4.70. The second kappa shape index (κ2) is 7.61. The molecular formula is C16H19N3O2S. The van der Waals surface area contributed by atoms with Gasteiger partial charge in [-0.2, -0.15) is 0 Å². The molecule has 1 atom stereocenters. The number of aromatic nitrogens is 1. The Morgan fingerprint density at radius 3 is 2.23 bits per heavy atom. The van der Waals surface area contributed by atoms with Crippen LogP contribution in [0.25, 0.3) is 0 Å². The number of nitrogens with zero attached hydrogens (tertiary/aromatic N) is 1. The van der Waals surface area contributed by atoms with Gasteiger partial charge < -0.3 is 20.1 Å². The minimum atomic E-state index is 0.0792. The van der Waals surface area contributed by atoms with Crippen molar-refractivity contribution in [2.75, 3.05) is 19.5 Å². The predicted molar refractivity (Wildman–Crippen MR) is 91.6 cm³/mol. The van der Waals surface area contributed by atoms with Crippen LogP contribution in [0.15, 0.2) is 42.7 Å². The molecular weight excluding hydrogens is 298 g/mol. The van der Waals surface area contributed by atoms with Gasteiger partial charge in [-0.15, -0.1) is 0 Å². The van der Waals surface area contributed by atoms with Gasteiger partial charge in [0.05, 0.1) is 20.3 Å². The Labute approximate surface area is 135 Å². The quantitative estimate of drug-likeness (QED) is 0.826. The molecule has 0 aliphatic heterocycles. The van der Waals surface area contributed by atoms with Crippen molar-refractivity contribution < 1.29 is 9.47 Å². The first-order valence-electron chi connectivity index (χ1n) is 6.83. The van der Waals surface area contributed by atoms with Crippen molar-refractivity contribution in [2.45, 2.75) is 13.0 Å². The van der Waals surface area contributed by atoms with E-state index in [1.54, 1.807) is 32.7 Å². The highest BCUT2D eigenvalue weighted by Gasteiger charge is 2.08. The van der Waals surface area contributed by atoms with Crippen LogP contribution in [0.5, 0.6) is 11.5 Å². The van der Waals surface area contributed by atoms with Crippen LogP contribution < -0.4 is 20.1 Å². The predicted octanol–water partition coefficient (Wildman–Crippen LogP) is 3.15. The molecule has 1 heterocycles. The zero-order chi connectivity index (χ0) is 15.9. The maximum atomic E-state index is 5.35. The molecule has 2 aromatic rings. The zero-order valence-corrected chi connectivity index (χ0v) is 13.6. The van der Waals surface area contributed by atoms with Gasteiger partial charge in [0, 0.05) is 36.3 Å². The Morgan fingerprint density at radius 2 is 1.68 bits per heavy atom. The number of nitrogens with one attached hydrogen (secondary N) is 2. The van der Waals surface area contributed by atoms with E-state index in [9.17, 15) is 0 Å². The van der Waals surface area contributed by atoms with Gasteiger partial charge in [0.1, 0.15) is 11.5 Å². The number of pyridine rings is 1. The summed E-state index contributed by atoms with van der Waals surface area (Å²) < 4.78 is 10.5. The standard InChI is InChI=1S/C16H19N3O2S/c1-11(12-4-6-17-7-5-12)18-16(22)19-13-8-14(20-2)10-15(9-13)21-3/h4-11H,1-3H3,(H2,18,19,22). The van der Waals surface area contributed by atoms with Crippen LogP contribution in [0.3, 0.4) is 0 Å². The molecule has 116 valence electrons. The van der Waals surface area contributed by atoms with Gasteiger partial charge in [0.25, 0.3) is 0 Å². The molecule has 0 radical (unpaired) electrons. The van der Waals surface area contributed by atoms with E-state index in [4.69, 9.17) is 21.7 Å². The molecule has 0 amide bonds. The Balaban J connectivity index is 2.03. The number of anilines is 1. The smallest absolute Gasteiger partial charge is 0.171 e. The summed E-state index contributed by atoms with van der Waals surface area (Å²) in [6.07, 6.45) is 3.52. The third kappa shape index (κ3) is 4.33. The minimum absolute atomic E-state index is 0.0792. The number of hydrogen-bond donors (Lipinski definition) is 2. The van der Waals surface area contributed by atoms with Gasteiger partial charge in [0.15, 0.2) is 5.11 Å². The number of hydrogen-bond acceptors (Lipinski definition) is 4. The largest absolute Gasteiger partial charge is 0.497 e. The van der Waals surface area contributed by atoms with Crippen molar-refractivity contribution in [1.29, 1.82) is 0 Å². The lowest BCUT2D eigenvalue weighted by atomic mass is 10.1. The summed E-state index contributed by atoms with van der Waals surface area (Å²) in [5, 5.41) is 6.89. The number of ether oxygens (including phenoxy) is 2. The van der Waals surface area contributed by atoms with Crippen LogP contribution in [0.4, 0.5) is 5.69 Å². The van der Waals surface area contributed by atoms with Crippen LogP contribution in [0, 0.1) is 0 Å². The molecule has 0 saturated carbocycles. The third-order valence-electron chi connectivity index (χ3n) is 3.16. The highest BCUT2D eigenvalue weighted by atomic mass is 32.1. The topological polar surface area (TPSA) is 55.4 Å². The van der Waals surface area contributed by atoms with E-state index in [1.165, 1.54) is 0 Å². The van der Waals surface area contributed by atoms with Gasteiger partial charge in [-0.05, 0) is 36.8 Å². The molecule has 1 aromatic heterocycles. The number of methoxy groups -OCH3 is 2. The molecule has 2 rings (SSSR count). The van der Waals surface area contributed by atoms with Crippen LogP contribution in [0.1, 0.15) is 18.5 Å². The molecule has 1 unspecified atom stereocenters. The van der Waals surface area contributed by atoms with E-state index in [0.29, 0.717) is 16.6 Å². The Kier molecular flexibility index (Phi) is 5.55. The molecule has 0 aliphatic rings. The van der Waals surface area contributed by atoms with Gasteiger partial charge in [-0.25, -0.2) is 0 Å². The second-order valence-corrected chi connectivity index (χ2v) is 5.11. The lowest BCUT2D eigenvalue weighted by Crippen LogP contribution is -2.30. The first kappa shape index (κ1) is 16.0. The van der Waals surface area contributed by atoms with Crippen LogP contribution in [-0.2, 0) is 0 Å². The first-order valence-corrected chi connectivity index (χ1v) is 7.23. The fraction of sp³-hybridized carbons (Fsp3) is 0.250. The summed E-state index contributed by atoms with van der Waals surface area (Å²) in [5.41, 5.74) is 1.91. The number of rotatable bonds is 5. The van der Waals surface area contributed by atoms with Crippen LogP contribution in [-0.4, -0.2) is 24.3 Å². The third-order valence-corrected chi connectivity index (χ3v) is 3.38. The van der Waals surface area contributed by atoms with Gasteiger partial charge in [0.2, 0.25) is 0 Å². The summed E-state index contributed by atoms with van der Waals surface area (Å²) in [7, 11) is 3.22. The molecule has 1 aromatic carbocycles. The van der Waals surface area contributed by atoms with E-state index in [2.05, 4.69) is 15.6 Å². The summed E-state index contributed by atoms with van der Waals surface area (Å²) in [4.78, 5) is 4.01. The zero-order valence-electron chi connectivity index (χ0n) is 12.8. The fourth-order valence-corrected chi connectivity index (χ4v) is 2.27. The Morgan fingerprint density at radius 1 is 1.09 bits per heavy atom. The van der Waals surface area contributed by atoms with Crippen LogP contribution in [0.2, 0.25) is 0 Å². The van der Waals surface area contributed by atoms with E-state index in [0.717, 1.165) is 11.3 Å². The van der Waals surface area contributed by atoms with Crippen molar-refractivity contribution in [3.05, 3.63) is 48.3 Å². The highest BCUT2D eigenvalue weighted by molar-refractivity contribution is 7.80. The average Bonchev–Trinajstić information content (AvgIpc) is 2.55. The molecule has 6 heteroatoms. The van der Waals surface area contributed by atoms with E-state index < -0.39 is 0 Å². The van der Waals surface area contributed by atoms with Crippen LogP contribution >= 0.6 is 12.2 Å². The molecule has 0 aliphatic carbocycles. The number of thiocarbonyl (C=S) groups is 1. The maximum Gasteiger partial charge on any atom is 0.171 e. The summed E-state index contributed by atoms with van der Waals surface area (Å²) >= 11 is 5.35. The fourth-order valence-electron chi connectivity index (χ4n) is 1.98. The molecule has 0 fully saturated rings. The molecule has 0 bridgehead atoms. The van der Waals surface area contributed by atoms with Gasteiger partial charge in [-0.1, -0.05) is 0 Å². The molecule has 0 saturated heterocycles. The summed E-state index contributed by atoms with van der Waals surface area (Å²) in [6.45, 7) is 2.04. The Bertz CT molecular complexity index is 612. The molecule has 2 N–H and O–H groups in total. The molecule has 0 spiro atoms. The maximum absolute atomic E-state index is 5.35. The monoisotopic (exact) mass is 317 g/mol.